The maximum atomic E-state index is 13.7. The van der Waals surface area contributed by atoms with E-state index in [1.165, 1.54) is 23.3 Å². The third kappa shape index (κ3) is 4.33. The molecule has 0 radical (unpaired) electrons. The van der Waals surface area contributed by atoms with Crippen LogP contribution in [0.25, 0.3) is 10.2 Å². The molecule has 3 heterocycles. The van der Waals surface area contributed by atoms with Crippen molar-refractivity contribution in [3.05, 3.63) is 94.2 Å². The van der Waals surface area contributed by atoms with E-state index in [4.69, 9.17) is 0 Å². The number of halogens is 1. The smallest absolute Gasteiger partial charge is 0.270 e. The van der Waals surface area contributed by atoms with Crippen molar-refractivity contribution < 1.29 is 9.18 Å². The van der Waals surface area contributed by atoms with Crippen LogP contribution in [0.2, 0.25) is 0 Å². The lowest BCUT2D eigenvalue weighted by Gasteiger charge is -2.35. The maximum Gasteiger partial charge on any atom is 0.270 e. The number of piperazine rings is 1. The summed E-state index contributed by atoms with van der Waals surface area (Å²) in [6, 6.07) is 19.3. The van der Waals surface area contributed by atoms with Crippen molar-refractivity contribution in [3.8, 4) is 0 Å². The molecule has 1 aliphatic rings. The summed E-state index contributed by atoms with van der Waals surface area (Å²) in [6.45, 7) is 6.63. The minimum Gasteiger partial charge on any atom is -0.335 e. The fourth-order valence-corrected chi connectivity index (χ4v) is 5.19. The lowest BCUT2D eigenvalue weighted by molar-refractivity contribution is 0.0619. The lowest BCUT2D eigenvalue weighted by atomic mass is 10.1. The van der Waals surface area contributed by atoms with Crippen LogP contribution in [0, 0.1) is 12.7 Å². The van der Waals surface area contributed by atoms with E-state index in [2.05, 4.69) is 36.1 Å². The van der Waals surface area contributed by atoms with E-state index in [1.807, 2.05) is 33.0 Å². The number of aryl methyl sites for hydroxylation is 1. The molecule has 6 heteroatoms. The Labute approximate surface area is 191 Å². The van der Waals surface area contributed by atoms with Gasteiger partial charge in [0.15, 0.2) is 0 Å². The number of nitrogens with zero attached hydrogens (tertiary/aromatic N) is 3. The normalized spacial score (nSPS) is 14.9. The Morgan fingerprint density at radius 1 is 0.938 bits per heavy atom. The second-order valence-electron chi connectivity index (χ2n) is 8.47. The molecule has 0 saturated carbocycles. The number of amides is 1. The molecular weight excluding hydrogens is 421 g/mol. The van der Waals surface area contributed by atoms with Crippen molar-refractivity contribution in [1.29, 1.82) is 0 Å². The molecule has 2 aromatic heterocycles. The van der Waals surface area contributed by atoms with Gasteiger partial charge in [-0.2, -0.15) is 0 Å². The Morgan fingerprint density at radius 3 is 2.47 bits per heavy atom. The van der Waals surface area contributed by atoms with Crippen molar-refractivity contribution in [2.45, 2.75) is 20.0 Å². The number of hydrogen-bond donors (Lipinski definition) is 0. The second kappa shape index (κ2) is 8.88. The highest BCUT2D eigenvalue weighted by atomic mass is 32.1. The molecule has 5 rings (SSSR count). The molecule has 4 nitrogen and oxygen atoms in total. The summed E-state index contributed by atoms with van der Waals surface area (Å²) < 4.78 is 16.8. The molecular formula is C26H26FN3OS. The van der Waals surface area contributed by atoms with Crippen LogP contribution in [-0.4, -0.2) is 46.5 Å². The van der Waals surface area contributed by atoms with E-state index in [-0.39, 0.29) is 11.7 Å². The van der Waals surface area contributed by atoms with Crippen LogP contribution in [-0.2, 0) is 13.1 Å². The molecule has 4 aromatic rings. The number of benzene rings is 2. The van der Waals surface area contributed by atoms with Crippen LogP contribution in [0.15, 0.2) is 66.0 Å². The lowest BCUT2D eigenvalue weighted by Crippen LogP contribution is -2.48. The van der Waals surface area contributed by atoms with Gasteiger partial charge in [0.2, 0.25) is 0 Å². The molecule has 164 valence electrons. The largest absolute Gasteiger partial charge is 0.335 e. The first-order valence-electron chi connectivity index (χ1n) is 11.0. The van der Waals surface area contributed by atoms with Gasteiger partial charge in [0.1, 0.15) is 11.5 Å². The van der Waals surface area contributed by atoms with Crippen molar-refractivity contribution >= 4 is 27.5 Å². The third-order valence-corrected chi connectivity index (χ3v) is 7.01. The van der Waals surface area contributed by atoms with Gasteiger partial charge >= 0.3 is 0 Å². The topological polar surface area (TPSA) is 28.5 Å². The molecule has 0 unspecified atom stereocenters. The fourth-order valence-electron chi connectivity index (χ4n) is 4.37. The van der Waals surface area contributed by atoms with E-state index >= 15 is 0 Å². The van der Waals surface area contributed by atoms with E-state index in [0.717, 1.165) is 35.4 Å². The van der Waals surface area contributed by atoms with Crippen LogP contribution in [0.4, 0.5) is 4.39 Å². The zero-order valence-corrected chi connectivity index (χ0v) is 18.9. The number of aromatic nitrogens is 1. The average molecular weight is 448 g/mol. The third-order valence-electron chi connectivity index (χ3n) is 6.16. The number of carbonyl (C=O) groups is 1. The summed E-state index contributed by atoms with van der Waals surface area (Å²) in [6.07, 6.45) is 0. The van der Waals surface area contributed by atoms with Gasteiger partial charge in [-0.25, -0.2) is 4.39 Å². The quantitative estimate of drug-likeness (QED) is 0.423. The Morgan fingerprint density at radius 2 is 1.72 bits per heavy atom. The summed E-state index contributed by atoms with van der Waals surface area (Å²) in [5, 5.41) is 2.03. The van der Waals surface area contributed by atoms with Gasteiger partial charge in [0.25, 0.3) is 5.91 Å². The molecule has 0 bridgehead atoms. The molecule has 1 aliphatic heterocycles. The van der Waals surface area contributed by atoms with Gasteiger partial charge < -0.3 is 9.47 Å². The molecule has 0 N–H and O–H groups in total. The SMILES string of the molecule is Cc1ccc(CN2CCN(C(=O)c3cc4sccc4n3Cc3cccc(F)c3)CC2)cc1. The average Bonchev–Trinajstić information content (AvgIpc) is 3.38. The molecule has 1 amide bonds. The molecule has 0 atom stereocenters. The highest BCUT2D eigenvalue weighted by Gasteiger charge is 2.25. The number of thiophene rings is 1. The van der Waals surface area contributed by atoms with Crippen LogP contribution >= 0.6 is 11.3 Å². The first-order chi connectivity index (χ1) is 15.6. The Hall–Kier alpha value is -2.96. The van der Waals surface area contributed by atoms with Gasteiger partial charge in [-0.1, -0.05) is 42.0 Å². The van der Waals surface area contributed by atoms with E-state index in [0.29, 0.717) is 25.3 Å². The first kappa shape index (κ1) is 20.9. The van der Waals surface area contributed by atoms with Crippen LogP contribution in [0.5, 0.6) is 0 Å². The molecule has 0 spiro atoms. The zero-order chi connectivity index (χ0) is 22.1. The summed E-state index contributed by atoms with van der Waals surface area (Å²) in [5.41, 5.74) is 5.14. The predicted molar refractivity (Wildman–Crippen MR) is 128 cm³/mol. The number of carbonyl (C=O) groups excluding carboxylic acids is 1. The monoisotopic (exact) mass is 447 g/mol. The van der Waals surface area contributed by atoms with E-state index < -0.39 is 0 Å². The van der Waals surface area contributed by atoms with Gasteiger partial charge in [-0.15, -0.1) is 11.3 Å². The molecule has 32 heavy (non-hydrogen) atoms. The predicted octanol–water partition coefficient (Wildman–Crippen LogP) is 5.16. The molecule has 1 fully saturated rings. The molecule has 2 aromatic carbocycles. The number of fused-ring (bicyclic) bond motifs is 1. The summed E-state index contributed by atoms with van der Waals surface area (Å²) >= 11 is 1.63. The van der Waals surface area contributed by atoms with Gasteiger partial charge in [0, 0.05) is 39.3 Å². The maximum absolute atomic E-state index is 13.7. The van der Waals surface area contributed by atoms with Crippen molar-refractivity contribution in [3.63, 3.8) is 0 Å². The van der Waals surface area contributed by atoms with E-state index in [1.54, 1.807) is 17.4 Å². The van der Waals surface area contributed by atoms with Crippen molar-refractivity contribution in [1.82, 2.24) is 14.4 Å². The zero-order valence-electron chi connectivity index (χ0n) is 18.1. The number of rotatable bonds is 5. The highest BCUT2D eigenvalue weighted by molar-refractivity contribution is 7.17. The van der Waals surface area contributed by atoms with Crippen LogP contribution in [0.3, 0.4) is 0 Å². The van der Waals surface area contributed by atoms with Gasteiger partial charge in [-0.05, 0) is 47.7 Å². The standard InChI is InChI=1S/C26H26FN3OS/c1-19-5-7-20(8-6-19)17-28-10-12-29(13-11-28)26(31)24-16-25-23(9-14-32-25)30(24)18-21-3-2-4-22(27)15-21/h2-9,14-16H,10-13,17-18H2,1H3. The Bertz CT molecular complexity index is 1240. The highest BCUT2D eigenvalue weighted by Crippen LogP contribution is 2.27. The fraction of sp³-hybridized carbons (Fsp3) is 0.269. The molecule has 0 aliphatic carbocycles. The van der Waals surface area contributed by atoms with Crippen LogP contribution in [0.1, 0.15) is 27.2 Å². The van der Waals surface area contributed by atoms with Crippen LogP contribution < -0.4 is 0 Å². The summed E-state index contributed by atoms with van der Waals surface area (Å²) in [7, 11) is 0. The molecule has 1 saturated heterocycles. The number of hydrogen-bond acceptors (Lipinski definition) is 3. The minimum atomic E-state index is -0.256. The minimum absolute atomic E-state index is 0.0554. The van der Waals surface area contributed by atoms with Crippen molar-refractivity contribution in [2.75, 3.05) is 26.2 Å². The Kier molecular flexibility index (Phi) is 5.81. The van der Waals surface area contributed by atoms with E-state index in [9.17, 15) is 9.18 Å². The van der Waals surface area contributed by atoms with Gasteiger partial charge in [-0.3, -0.25) is 9.69 Å². The summed E-state index contributed by atoms with van der Waals surface area (Å²) in [5.74, 6) is -0.200. The van der Waals surface area contributed by atoms with Crippen molar-refractivity contribution in [2.24, 2.45) is 0 Å². The Balaban J connectivity index is 1.31. The van der Waals surface area contributed by atoms with Gasteiger partial charge in [0.05, 0.1) is 10.2 Å². The first-order valence-corrected chi connectivity index (χ1v) is 11.8. The second-order valence-corrected chi connectivity index (χ2v) is 9.42. The summed E-state index contributed by atoms with van der Waals surface area (Å²) in [4.78, 5) is 17.8.